The summed E-state index contributed by atoms with van der Waals surface area (Å²) < 4.78 is 0. The van der Waals surface area contributed by atoms with Gasteiger partial charge in [0.2, 0.25) is 5.91 Å². The Morgan fingerprint density at radius 3 is 2.73 bits per heavy atom. The summed E-state index contributed by atoms with van der Waals surface area (Å²) in [5.41, 5.74) is 2.85. The number of para-hydroxylation sites is 1. The number of H-pyrrole nitrogens is 1. The highest BCUT2D eigenvalue weighted by Crippen LogP contribution is 2.22. The topological polar surface area (TPSA) is 82.2 Å². The molecule has 5 nitrogen and oxygen atoms in total. The van der Waals surface area contributed by atoms with E-state index in [4.69, 9.17) is 0 Å². The minimum Gasteiger partial charge on any atom is -0.480 e. The van der Waals surface area contributed by atoms with Gasteiger partial charge in [-0.25, -0.2) is 4.79 Å². The molecule has 1 aromatic carbocycles. The minimum atomic E-state index is -0.975. The zero-order chi connectivity index (χ0) is 16.1. The molecule has 0 saturated heterocycles. The second-order valence-electron chi connectivity index (χ2n) is 5.55. The van der Waals surface area contributed by atoms with Gasteiger partial charge in [-0.15, -0.1) is 0 Å². The number of benzene rings is 1. The maximum absolute atomic E-state index is 12.2. The monoisotopic (exact) mass is 302 g/mol. The third-order valence-corrected chi connectivity index (χ3v) is 3.84. The lowest BCUT2D eigenvalue weighted by molar-refractivity contribution is -0.141. The van der Waals surface area contributed by atoms with Crippen molar-refractivity contribution < 1.29 is 14.7 Å². The van der Waals surface area contributed by atoms with Gasteiger partial charge < -0.3 is 15.4 Å². The molecule has 0 aliphatic heterocycles. The minimum absolute atomic E-state index is 0.186. The number of rotatable bonds is 7. The van der Waals surface area contributed by atoms with Crippen molar-refractivity contribution >= 4 is 22.8 Å². The molecule has 0 saturated carbocycles. The lowest BCUT2D eigenvalue weighted by Gasteiger charge is -2.14. The van der Waals surface area contributed by atoms with Crippen LogP contribution in [-0.4, -0.2) is 28.0 Å². The molecule has 22 heavy (non-hydrogen) atoms. The van der Waals surface area contributed by atoms with E-state index in [2.05, 4.69) is 10.3 Å². The third kappa shape index (κ3) is 3.67. The molecule has 1 amide bonds. The van der Waals surface area contributed by atoms with Crippen molar-refractivity contribution in [3.05, 3.63) is 35.5 Å². The normalized spacial score (nSPS) is 12.3. The van der Waals surface area contributed by atoms with Gasteiger partial charge in [-0.3, -0.25) is 4.79 Å². The third-order valence-electron chi connectivity index (χ3n) is 3.84. The van der Waals surface area contributed by atoms with Gasteiger partial charge in [0.05, 0.1) is 6.42 Å². The molecule has 0 aliphatic rings. The number of aromatic nitrogens is 1. The fraction of sp³-hybridized carbons (Fsp3) is 0.412. The quantitative estimate of drug-likeness (QED) is 0.735. The number of unbranched alkanes of at least 4 members (excludes halogenated alkanes) is 1. The van der Waals surface area contributed by atoms with Gasteiger partial charge in [0.1, 0.15) is 6.04 Å². The fourth-order valence-corrected chi connectivity index (χ4v) is 2.63. The molecule has 3 N–H and O–H groups in total. The molecular weight excluding hydrogens is 280 g/mol. The highest BCUT2D eigenvalue weighted by atomic mass is 16.4. The first-order chi connectivity index (χ1) is 10.5. The number of amides is 1. The number of carboxylic acid groups (broad SMARTS) is 1. The Morgan fingerprint density at radius 2 is 2.05 bits per heavy atom. The van der Waals surface area contributed by atoms with Gasteiger partial charge in [0.15, 0.2) is 0 Å². The molecule has 1 heterocycles. The highest BCUT2D eigenvalue weighted by molar-refractivity contribution is 5.91. The number of carboxylic acids is 1. The van der Waals surface area contributed by atoms with Crippen LogP contribution in [0, 0.1) is 6.92 Å². The second-order valence-corrected chi connectivity index (χ2v) is 5.55. The molecule has 118 valence electrons. The van der Waals surface area contributed by atoms with Gasteiger partial charge in [-0.05, 0) is 25.0 Å². The van der Waals surface area contributed by atoms with E-state index < -0.39 is 12.0 Å². The fourth-order valence-electron chi connectivity index (χ4n) is 2.63. The molecular formula is C17H22N2O3. The highest BCUT2D eigenvalue weighted by Gasteiger charge is 2.20. The van der Waals surface area contributed by atoms with Crippen molar-refractivity contribution in [1.29, 1.82) is 0 Å². The summed E-state index contributed by atoms with van der Waals surface area (Å²) in [6, 6.07) is 6.99. The van der Waals surface area contributed by atoms with Crippen molar-refractivity contribution in [3.63, 3.8) is 0 Å². The molecule has 0 aliphatic carbocycles. The molecule has 1 aromatic heterocycles. The van der Waals surface area contributed by atoms with Crippen LogP contribution in [0.1, 0.15) is 37.4 Å². The van der Waals surface area contributed by atoms with Crippen LogP contribution in [0.3, 0.4) is 0 Å². The zero-order valence-corrected chi connectivity index (χ0v) is 13.0. The number of carbonyl (C=O) groups excluding carboxylic acids is 1. The molecule has 5 heteroatoms. The van der Waals surface area contributed by atoms with Crippen LogP contribution in [0.25, 0.3) is 10.9 Å². The van der Waals surface area contributed by atoms with E-state index in [0.29, 0.717) is 6.42 Å². The van der Waals surface area contributed by atoms with Crippen LogP contribution in [0.4, 0.5) is 0 Å². The Labute approximate surface area is 129 Å². The molecule has 1 atom stereocenters. The number of aliphatic carboxylic acids is 1. The number of fused-ring (bicyclic) bond motifs is 1. The molecule has 0 unspecified atom stereocenters. The summed E-state index contributed by atoms with van der Waals surface area (Å²) in [6.45, 7) is 3.92. The smallest absolute Gasteiger partial charge is 0.326 e. The first kappa shape index (κ1) is 16.1. The van der Waals surface area contributed by atoms with Crippen molar-refractivity contribution in [2.75, 3.05) is 0 Å². The van der Waals surface area contributed by atoms with Gasteiger partial charge in [-0.2, -0.15) is 0 Å². The average Bonchev–Trinajstić information content (AvgIpc) is 2.79. The predicted molar refractivity (Wildman–Crippen MR) is 85.8 cm³/mol. The number of aryl methyl sites for hydroxylation is 1. The number of hydrogen-bond donors (Lipinski definition) is 3. The van der Waals surface area contributed by atoms with Crippen LogP contribution in [0.2, 0.25) is 0 Å². The SMILES string of the molecule is CCCC[C@H](NC(=O)Cc1c(C)[nH]c2ccccc12)C(=O)O. The molecule has 0 radical (unpaired) electrons. The van der Waals surface area contributed by atoms with E-state index in [1.54, 1.807) is 0 Å². The summed E-state index contributed by atoms with van der Waals surface area (Å²) in [5, 5.41) is 12.8. The molecule has 2 rings (SSSR count). The number of aromatic amines is 1. The van der Waals surface area contributed by atoms with Gasteiger partial charge in [0, 0.05) is 16.6 Å². The first-order valence-electron chi connectivity index (χ1n) is 7.61. The van der Waals surface area contributed by atoms with Gasteiger partial charge >= 0.3 is 5.97 Å². The lowest BCUT2D eigenvalue weighted by Crippen LogP contribution is -2.41. The van der Waals surface area contributed by atoms with Crippen molar-refractivity contribution in [2.24, 2.45) is 0 Å². The van der Waals surface area contributed by atoms with Crippen LogP contribution < -0.4 is 5.32 Å². The van der Waals surface area contributed by atoms with E-state index in [1.807, 2.05) is 38.1 Å². The summed E-state index contributed by atoms with van der Waals surface area (Å²) in [6.07, 6.45) is 2.33. The Balaban J connectivity index is 2.10. The Bertz CT molecular complexity index is 676. The number of nitrogens with one attached hydrogen (secondary N) is 2. The maximum Gasteiger partial charge on any atom is 0.326 e. The summed E-state index contributed by atoms with van der Waals surface area (Å²) in [5.74, 6) is -1.23. The molecule has 0 spiro atoms. The molecule has 0 fully saturated rings. The van der Waals surface area contributed by atoms with Crippen molar-refractivity contribution in [2.45, 2.75) is 45.6 Å². The Morgan fingerprint density at radius 1 is 1.32 bits per heavy atom. The van der Waals surface area contributed by atoms with Crippen molar-refractivity contribution in [3.8, 4) is 0 Å². The standard InChI is InChI=1S/C17H22N2O3/c1-3-4-8-15(17(21)22)19-16(20)10-13-11(2)18-14-9-6-5-7-12(13)14/h5-7,9,15,18H,3-4,8,10H2,1-2H3,(H,19,20)(H,21,22)/t15-/m0/s1. The maximum atomic E-state index is 12.2. The lowest BCUT2D eigenvalue weighted by atomic mass is 10.1. The predicted octanol–water partition coefficient (Wildman–Crippen LogP) is 2.78. The van der Waals surface area contributed by atoms with E-state index in [1.165, 1.54) is 0 Å². The second kappa shape index (κ2) is 7.11. The summed E-state index contributed by atoms with van der Waals surface area (Å²) in [7, 11) is 0. The largest absolute Gasteiger partial charge is 0.480 e. The van der Waals surface area contributed by atoms with Crippen LogP contribution in [0.5, 0.6) is 0 Å². The van der Waals surface area contributed by atoms with Crippen molar-refractivity contribution in [1.82, 2.24) is 10.3 Å². The summed E-state index contributed by atoms with van der Waals surface area (Å²) in [4.78, 5) is 26.6. The zero-order valence-electron chi connectivity index (χ0n) is 13.0. The van der Waals surface area contributed by atoms with Gasteiger partial charge in [-0.1, -0.05) is 38.0 Å². The van der Waals surface area contributed by atoms with Crippen LogP contribution in [0.15, 0.2) is 24.3 Å². The van der Waals surface area contributed by atoms with E-state index in [-0.39, 0.29) is 12.3 Å². The van der Waals surface area contributed by atoms with Crippen LogP contribution in [-0.2, 0) is 16.0 Å². The van der Waals surface area contributed by atoms with E-state index >= 15 is 0 Å². The average molecular weight is 302 g/mol. The number of hydrogen-bond acceptors (Lipinski definition) is 2. The molecule has 0 bridgehead atoms. The molecule has 2 aromatic rings. The van der Waals surface area contributed by atoms with Gasteiger partial charge in [0.25, 0.3) is 0 Å². The van der Waals surface area contributed by atoms with E-state index in [9.17, 15) is 14.7 Å². The Hall–Kier alpha value is -2.30. The van der Waals surface area contributed by atoms with E-state index in [0.717, 1.165) is 35.0 Å². The Kier molecular flexibility index (Phi) is 5.20. The summed E-state index contributed by atoms with van der Waals surface area (Å²) >= 11 is 0. The number of carbonyl (C=O) groups is 2. The van der Waals surface area contributed by atoms with Crippen LogP contribution >= 0.6 is 0 Å². The first-order valence-corrected chi connectivity index (χ1v) is 7.61.